The Morgan fingerprint density at radius 3 is 2.79 bits per heavy atom. The fraction of sp³-hybridized carbons (Fsp3) is 0.600. The van der Waals surface area contributed by atoms with Crippen LogP contribution in [0.5, 0.6) is 0 Å². The molecule has 1 fully saturated rings. The first-order chi connectivity index (χ1) is 8.93. The van der Waals surface area contributed by atoms with Crippen LogP contribution >= 0.6 is 0 Å². The van der Waals surface area contributed by atoms with Crippen LogP contribution in [-0.4, -0.2) is 63.1 Å². The van der Waals surface area contributed by atoms with Crippen LogP contribution in [0.1, 0.15) is 6.23 Å². The Hall–Kier alpha value is -0.961. The van der Waals surface area contributed by atoms with Crippen LogP contribution in [0.25, 0.3) is 0 Å². The zero-order valence-electron chi connectivity index (χ0n) is 10.0. The van der Waals surface area contributed by atoms with Crippen LogP contribution in [0.4, 0.5) is 0 Å². The maximum atomic E-state index is 11.7. The number of hydrogen-bond acceptors (Lipinski definition) is 6. The van der Waals surface area contributed by atoms with Crippen LogP contribution in [0.3, 0.4) is 0 Å². The Kier molecular flexibility index (Phi) is 3.95. The molecule has 19 heavy (non-hydrogen) atoms. The van der Waals surface area contributed by atoms with E-state index in [2.05, 4.69) is 0 Å². The van der Waals surface area contributed by atoms with Gasteiger partial charge in [0.05, 0.1) is 0 Å². The van der Waals surface area contributed by atoms with Crippen molar-refractivity contribution in [1.82, 2.24) is 9.55 Å². The molecule has 106 valence electrons. The van der Waals surface area contributed by atoms with E-state index in [4.69, 9.17) is 9.84 Å². The normalized spacial score (nSPS) is 34.6. The first kappa shape index (κ1) is 14.4. The van der Waals surface area contributed by atoms with Gasteiger partial charge in [-0.2, -0.15) is 0 Å². The number of aromatic amines is 1. The van der Waals surface area contributed by atoms with Gasteiger partial charge in [-0.05, 0) is 0 Å². The van der Waals surface area contributed by atoms with Crippen molar-refractivity contribution < 1.29 is 20.1 Å². The molecule has 0 unspecified atom stereocenters. The van der Waals surface area contributed by atoms with Gasteiger partial charge in [0.1, 0.15) is 0 Å². The van der Waals surface area contributed by atoms with E-state index in [1.807, 2.05) is 4.98 Å². The SMILES string of the molecule is C[Se][C@@]1(O)[C@H](O)[C@@H](CO)O[C@H]1n1ccc(=O)[nH]c1=O. The van der Waals surface area contributed by atoms with E-state index in [9.17, 15) is 19.8 Å². The molecule has 4 N–H and O–H groups in total. The number of aliphatic hydroxyl groups is 3. The summed E-state index contributed by atoms with van der Waals surface area (Å²) in [5.41, 5.74) is -1.31. The molecule has 0 amide bonds. The molecule has 4 atom stereocenters. The van der Waals surface area contributed by atoms with Gasteiger partial charge in [0, 0.05) is 0 Å². The summed E-state index contributed by atoms with van der Waals surface area (Å²) < 4.78 is 4.70. The Labute approximate surface area is 113 Å². The summed E-state index contributed by atoms with van der Waals surface area (Å²) in [5, 5.41) is 29.6. The molecule has 1 aromatic rings. The molecule has 2 rings (SSSR count). The number of aliphatic hydroxyl groups excluding tert-OH is 2. The van der Waals surface area contributed by atoms with E-state index in [-0.39, 0.29) is 0 Å². The molecule has 1 aliphatic heterocycles. The molecule has 1 aliphatic rings. The molecule has 0 aromatic carbocycles. The third-order valence-electron chi connectivity index (χ3n) is 3.04. The number of hydrogen-bond donors (Lipinski definition) is 4. The quantitative estimate of drug-likeness (QED) is 0.443. The first-order valence-corrected chi connectivity index (χ1v) is 8.04. The van der Waals surface area contributed by atoms with Crippen molar-refractivity contribution in [1.29, 1.82) is 0 Å². The van der Waals surface area contributed by atoms with E-state index in [0.717, 1.165) is 10.6 Å². The van der Waals surface area contributed by atoms with Gasteiger partial charge in [-0.25, -0.2) is 0 Å². The first-order valence-electron chi connectivity index (χ1n) is 5.47. The summed E-state index contributed by atoms with van der Waals surface area (Å²) in [7, 11) is 0. The van der Waals surface area contributed by atoms with Crippen LogP contribution in [0.15, 0.2) is 21.9 Å². The van der Waals surface area contributed by atoms with Crippen LogP contribution in [0.2, 0.25) is 5.82 Å². The molecule has 8 nitrogen and oxygen atoms in total. The summed E-state index contributed by atoms with van der Waals surface area (Å²) in [6, 6.07) is 1.12. The predicted molar refractivity (Wildman–Crippen MR) is 64.9 cm³/mol. The van der Waals surface area contributed by atoms with E-state index >= 15 is 0 Å². The number of nitrogens with zero attached hydrogens (tertiary/aromatic N) is 1. The zero-order valence-corrected chi connectivity index (χ0v) is 11.7. The number of ether oxygens (including phenoxy) is 1. The second-order valence-electron chi connectivity index (χ2n) is 4.13. The molecule has 1 aromatic heterocycles. The maximum absolute atomic E-state index is 11.7. The molecule has 0 aliphatic carbocycles. The van der Waals surface area contributed by atoms with Gasteiger partial charge < -0.3 is 0 Å². The predicted octanol–water partition coefficient (Wildman–Crippen LogP) is -2.77. The minimum absolute atomic E-state index is 0.476. The van der Waals surface area contributed by atoms with Gasteiger partial charge in [-0.1, -0.05) is 0 Å². The summed E-state index contributed by atoms with van der Waals surface area (Å²) >= 11 is -0.476. The molecule has 0 spiro atoms. The van der Waals surface area contributed by atoms with Gasteiger partial charge in [0.25, 0.3) is 0 Å². The van der Waals surface area contributed by atoms with Gasteiger partial charge in [0.2, 0.25) is 0 Å². The zero-order chi connectivity index (χ0) is 14.2. The summed E-state index contributed by atoms with van der Waals surface area (Å²) in [4.78, 5) is 24.8. The monoisotopic (exact) mass is 338 g/mol. The summed E-state index contributed by atoms with van der Waals surface area (Å²) in [6.07, 6.45) is -2.23. The molecule has 0 saturated carbocycles. The van der Waals surface area contributed by atoms with Crippen molar-refractivity contribution in [3.8, 4) is 0 Å². The van der Waals surface area contributed by atoms with E-state index in [0.29, 0.717) is 0 Å². The fourth-order valence-corrected chi connectivity index (χ4v) is 3.59. The Morgan fingerprint density at radius 2 is 2.26 bits per heavy atom. The fourth-order valence-electron chi connectivity index (χ4n) is 1.99. The molecular weight excluding hydrogens is 323 g/mol. The molecule has 2 heterocycles. The Bertz CT molecular complexity index is 572. The van der Waals surface area contributed by atoms with Crippen molar-refractivity contribution in [2.24, 2.45) is 0 Å². The number of rotatable bonds is 3. The van der Waals surface area contributed by atoms with Crippen molar-refractivity contribution in [3.05, 3.63) is 33.1 Å². The summed E-state index contributed by atoms with van der Waals surface area (Å²) in [5.74, 6) is 1.68. The third kappa shape index (κ3) is 2.29. The van der Waals surface area contributed by atoms with E-state index in [1.54, 1.807) is 5.82 Å². The van der Waals surface area contributed by atoms with E-state index in [1.165, 1.54) is 6.20 Å². The Morgan fingerprint density at radius 1 is 1.58 bits per heavy atom. The number of aromatic nitrogens is 2. The summed E-state index contributed by atoms with van der Waals surface area (Å²) in [6.45, 7) is -0.478. The van der Waals surface area contributed by atoms with Crippen LogP contribution in [-0.2, 0) is 4.74 Å². The van der Waals surface area contributed by atoms with Gasteiger partial charge in [-0.15, -0.1) is 0 Å². The number of H-pyrrole nitrogens is 1. The van der Waals surface area contributed by atoms with Gasteiger partial charge in [-0.3, -0.25) is 0 Å². The van der Waals surface area contributed by atoms with E-state index < -0.39 is 55.7 Å². The van der Waals surface area contributed by atoms with Crippen molar-refractivity contribution >= 4 is 15.0 Å². The molecular formula is C10H14N2O6Se. The molecule has 1 saturated heterocycles. The molecule has 0 radical (unpaired) electrons. The van der Waals surface area contributed by atoms with Crippen molar-refractivity contribution in [3.63, 3.8) is 0 Å². The minimum atomic E-state index is -1.65. The second-order valence-corrected chi connectivity index (χ2v) is 6.36. The third-order valence-corrected chi connectivity index (χ3v) is 5.35. The molecule has 9 heteroatoms. The standard InChI is InChI=1S/C10H14N2O6Se/c1-19-10(17)7(15)5(4-13)18-8(10)12-3-2-6(14)11-9(12)16/h2-3,5,7-8,13,15,17H,4H2,1H3,(H,11,14,16)/t5-,7-,8-,10+/m1/s1. The second kappa shape index (κ2) is 5.20. The van der Waals surface area contributed by atoms with Gasteiger partial charge >= 0.3 is 113 Å². The van der Waals surface area contributed by atoms with Crippen molar-refractivity contribution in [2.45, 2.75) is 28.8 Å². The average molecular weight is 337 g/mol. The number of nitrogens with one attached hydrogen (secondary N) is 1. The molecule has 0 bridgehead atoms. The average Bonchev–Trinajstić information content (AvgIpc) is 2.63. The van der Waals surface area contributed by atoms with Crippen LogP contribution in [0, 0.1) is 0 Å². The van der Waals surface area contributed by atoms with Crippen LogP contribution < -0.4 is 11.2 Å². The van der Waals surface area contributed by atoms with Gasteiger partial charge in [0.15, 0.2) is 0 Å². The Balaban J connectivity index is 2.48. The van der Waals surface area contributed by atoms with Crippen molar-refractivity contribution in [2.75, 3.05) is 6.61 Å². The topological polar surface area (TPSA) is 125 Å².